The van der Waals surface area contributed by atoms with Crippen LogP contribution >= 0.6 is 0 Å². The number of Topliss-reactive ketones (excluding diaryl/α,β-unsaturated/α-hetero) is 1. The lowest BCUT2D eigenvalue weighted by Gasteiger charge is -2.32. The third-order valence-electron chi connectivity index (χ3n) is 3.76. The van der Waals surface area contributed by atoms with E-state index >= 15 is 0 Å². The SMILES string of the molecule is CCCc1c(C)ccc2c1CC(C)(C)CC2=O. The van der Waals surface area contributed by atoms with E-state index in [4.69, 9.17) is 0 Å². The third-order valence-corrected chi connectivity index (χ3v) is 3.76. The first-order chi connectivity index (χ1) is 7.94. The summed E-state index contributed by atoms with van der Waals surface area (Å²) < 4.78 is 0. The van der Waals surface area contributed by atoms with E-state index < -0.39 is 0 Å². The number of carbonyl (C=O) groups is 1. The monoisotopic (exact) mass is 230 g/mol. The molecule has 1 aromatic carbocycles. The standard InChI is InChI=1S/C16H22O/c1-5-6-12-11(2)7-8-13-14(12)9-16(3,4)10-15(13)17/h7-8H,5-6,9-10H2,1-4H3. The van der Waals surface area contributed by atoms with Gasteiger partial charge in [0, 0.05) is 12.0 Å². The lowest BCUT2D eigenvalue weighted by molar-refractivity contribution is 0.0912. The van der Waals surface area contributed by atoms with Gasteiger partial charge in [0.15, 0.2) is 5.78 Å². The van der Waals surface area contributed by atoms with Gasteiger partial charge < -0.3 is 0 Å². The molecular weight excluding hydrogens is 208 g/mol. The van der Waals surface area contributed by atoms with Crippen molar-refractivity contribution in [2.75, 3.05) is 0 Å². The van der Waals surface area contributed by atoms with Crippen molar-refractivity contribution in [3.8, 4) is 0 Å². The van der Waals surface area contributed by atoms with Crippen LogP contribution in [0.15, 0.2) is 12.1 Å². The number of hydrogen-bond donors (Lipinski definition) is 0. The second-order valence-corrected chi connectivity index (χ2v) is 6.08. The highest BCUT2D eigenvalue weighted by molar-refractivity contribution is 5.99. The Morgan fingerprint density at radius 2 is 1.94 bits per heavy atom. The Kier molecular flexibility index (Phi) is 3.11. The van der Waals surface area contributed by atoms with Crippen LogP contribution < -0.4 is 0 Å². The first-order valence-electron chi connectivity index (χ1n) is 6.59. The topological polar surface area (TPSA) is 17.1 Å². The minimum atomic E-state index is 0.125. The molecular formula is C16H22O. The maximum atomic E-state index is 12.2. The summed E-state index contributed by atoms with van der Waals surface area (Å²) in [5, 5.41) is 0. The van der Waals surface area contributed by atoms with Gasteiger partial charge in [0.2, 0.25) is 0 Å². The minimum Gasteiger partial charge on any atom is -0.294 e. The highest BCUT2D eigenvalue weighted by Crippen LogP contribution is 2.37. The Bertz CT molecular complexity index is 455. The number of ketones is 1. The number of aryl methyl sites for hydroxylation is 1. The van der Waals surface area contributed by atoms with Gasteiger partial charge in [-0.15, -0.1) is 0 Å². The largest absolute Gasteiger partial charge is 0.294 e. The molecule has 92 valence electrons. The zero-order valence-corrected chi connectivity index (χ0v) is 11.4. The third kappa shape index (κ3) is 2.29. The summed E-state index contributed by atoms with van der Waals surface area (Å²) in [4.78, 5) is 12.2. The first kappa shape index (κ1) is 12.3. The molecule has 1 heteroatoms. The highest BCUT2D eigenvalue weighted by Gasteiger charge is 2.32. The molecule has 0 fully saturated rings. The van der Waals surface area contributed by atoms with Crippen LogP contribution in [0.4, 0.5) is 0 Å². The molecule has 0 saturated carbocycles. The average Bonchev–Trinajstić information content (AvgIpc) is 2.21. The van der Waals surface area contributed by atoms with Crippen LogP contribution in [0.5, 0.6) is 0 Å². The van der Waals surface area contributed by atoms with Gasteiger partial charge >= 0.3 is 0 Å². The Labute approximate surface area is 104 Å². The molecule has 0 unspecified atom stereocenters. The predicted molar refractivity (Wildman–Crippen MR) is 71.6 cm³/mol. The molecule has 0 N–H and O–H groups in total. The van der Waals surface area contributed by atoms with E-state index in [0.29, 0.717) is 12.2 Å². The zero-order valence-electron chi connectivity index (χ0n) is 11.4. The van der Waals surface area contributed by atoms with Gasteiger partial charge in [-0.1, -0.05) is 39.3 Å². The molecule has 0 amide bonds. The Balaban J connectivity index is 2.56. The maximum absolute atomic E-state index is 12.2. The molecule has 0 spiro atoms. The van der Waals surface area contributed by atoms with E-state index in [9.17, 15) is 4.79 Å². The number of benzene rings is 1. The summed E-state index contributed by atoms with van der Waals surface area (Å²) in [7, 11) is 0. The molecule has 0 aromatic heterocycles. The van der Waals surface area contributed by atoms with Crippen molar-refractivity contribution in [2.45, 2.75) is 53.4 Å². The Morgan fingerprint density at radius 3 is 2.59 bits per heavy atom. The van der Waals surface area contributed by atoms with Gasteiger partial charge in [0.1, 0.15) is 0 Å². The van der Waals surface area contributed by atoms with Crippen LogP contribution in [0.25, 0.3) is 0 Å². The fourth-order valence-electron chi connectivity index (χ4n) is 2.94. The van der Waals surface area contributed by atoms with Gasteiger partial charge in [-0.2, -0.15) is 0 Å². The molecule has 1 nitrogen and oxygen atoms in total. The van der Waals surface area contributed by atoms with Crippen LogP contribution in [-0.2, 0) is 12.8 Å². The van der Waals surface area contributed by atoms with Crippen LogP contribution in [0.3, 0.4) is 0 Å². The summed E-state index contributed by atoms with van der Waals surface area (Å²) in [6.45, 7) is 8.77. The molecule has 0 aliphatic heterocycles. The highest BCUT2D eigenvalue weighted by atomic mass is 16.1. The van der Waals surface area contributed by atoms with Crippen LogP contribution in [0, 0.1) is 12.3 Å². The van der Waals surface area contributed by atoms with Crippen molar-refractivity contribution in [3.05, 3.63) is 34.4 Å². The minimum absolute atomic E-state index is 0.125. The molecule has 1 aliphatic rings. The van der Waals surface area contributed by atoms with E-state index in [-0.39, 0.29) is 5.41 Å². The van der Waals surface area contributed by atoms with E-state index in [0.717, 1.165) is 24.8 Å². The van der Waals surface area contributed by atoms with Crippen LogP contribution in [0.1, 0.15) is 60.7 Å². The molecule has 0 saturated heterocycles. The summed E-state index contributed by atoms with van der Waals surface area (Å²) in [6, 6.07) is 4.14. The molecule has 0 heterocycles. The van der Waals surface area contributed by atoms with Crippen LogP contribution in [-0.4, -0.2) is 5.78 Å². The Morgan fingerprint density at radius 1 is 1.24 bits per heavy atom. The van der Waals surface area contributed by atoms with Crippen molar-refractivity contribution in [1.82, 2.24) is 0 Å². The smallest absolute Gasteiger partial charge is 0.163 e. The lowest BCUT2D eigenvalue weighted by atomic mass is 9.71. The number of carbonyl (C=O) groups excluding carboxylic acids is 1. The van der Waals surface area contributed by atoms with Gasteiger partial charge in [-0.25, -0.2) is 0 Å². The van der Waals surface area contributed by atoms with E-state index in [1.165, 1.54) is 16.7 Å². The van der Waals surface area contributed by atoms with Gasteiger partial charge in [-0.05, 0) is 41.9 Å². The summed E-state index contributed by atoms with van der Waals surface area (Å²) in [5.74, 6) is 0.327. The quantitative estimate of drug-likeness (QED) is 0.747. The molecule has 0 radical (unpaired) electrons. The van der Waals surface area contributed by atoms with Gasteiger partial charge in [0.25, 0.3) is 0 Å². The lowest BCUT2D eigenvalue weighted by Crippen LogP contribution is -2.28. The van der Waals surface area contributed by atoms with E-state index in [1.54, 1.807) is 0 Å². The van der Waals surface area contributed by atoms with Crippen molar-refractivity contribution in [3.63, 3.8) is 0 Å². The fourth-order valence-corrected chi connectivity index (χ4v) is 2.94. The van der Waals surface area contributed by atoms with Crippen molar-refractivity contribution >= 4 is 5.78 Å². The van der Waals surface area contributed by atoms with Gasteiger partial charge in [-0.3, -0.25) is 4.79 Å². The molecule has 2 rings (SSSR count). The summed E-state index contributed by atoms with van der Waals surface area (Å²) in [5.41, 5.74) is 5.20. The molecule has 1 aromatic rings. The van der Waals surface area contributed by atoms with E-state index in [2.05, 4.69) is 33.8 Å². The predicted octanol–water partition coefficient (Wildman–Crippen LogP) is 4.10. The molecule has 1 aliphatic carbocycles. The van der Waals surface area contributed by atoms with Gasteiger partial charge in [0.05, 0.1) is 0 Å². The second-order valence-electron chi connectivity index (χ2n) is 6.08. The number of fused-ring (bicyclic) bond motifs is 1. The number of rotatable bonds is 2. The fraction of sp³-hybridized carbons (Fsp3) is 0.562. The normalized spacial score (nSPS) is 18.0. The maximum Gasteiger partial charge on any atom is 0.163 e. The van der Waals surface area contributed by atoms with Crippen molar-refractivity contribution in [1.29, 1.82) is 0 Å². The van der Waals surface area contributed by atoms with E-state index in [1.807, 2.05) is 6.07 Å². The average molecular weight is 230 g/mol. The second kappa shape index (κ2) is 4.29. The summed E-state index contributed by atoms with van der Waals surface area (Å²) in [6.07, 6.45) is 3.98. The summed E-state index contributed by atoms with van der Waals surface area (Å²) >= 11 is 0. The van der Waals surface area contributed by atoms with Crippen LogP contribution in [0.2, 0.25) is 0 Å². The van der Waals surface area contributed by atoms with Crippen molar-refractivity contribution in [2.24, 2.45) is 5.41 Å². The first-order valence-corrected chi connectivity index (χ1v) is 6.59. The number of hydrogen-bond acceptors (Lipinski definition) is 1. The zero-order chi connectivity index (χ0) is 12.6. The Hall–Kier alpha value is -1.11. The molecule has 17 heavy (non-hydrogen) atoms. The molecule has 0 bridgehead atoms. The van der Waals surface area contributed by atoms with Crippen molar-refractivity contribution < 1.29 is 4.79 Å². The molecule has 0 atom stereocenters.